The quantitative estimate of drug-likeness (QED) is 0.0331. The first-order chi connectivity index (χ1) is 27.5. The molecule has 0 saturated heterocycles. The highest BCUT2D eigenvalue weighted by Crippen LogP contribution is 2.49. The third-order valence-corrected chi connectivity index (χ3v) is 9.34. The second-order valence-electron chi connectivity index (χ2n) is 12.0. The number of amides is 1. The highest BCUT2D eigenvalue weighted by molar-refractivity contribution is 7.48. The zero-order valence-corrected chi connectivity index (χ0v) is 31.9. The van der Waals surface area contributed by atoms with E-state index in [0.29, 0.717) is 23.5 Å². The lowest BCUT2D eigenvalue weighted by molar-refractivity contribution is -0.141. The molecule has 0 fully saturated rings. The van der Waals surface area contributed by atoms with E-state index in [-0.39, 0.29) is 68.5 Å². The molecule has 0 unspecified atom stereocenters. The molecular formula is C35H39F3N7O12P. The number of carbonyl (C=O) groups excluding carboxylic acids is 3. The zero-order valence-electron chi connectivity index (χ0n) is 31.0. The van der Waals surface area contributed by atoms with Gasteiger partial charge in [0.1, 0.15) is 17.4 Å². The minimum absolute atomic E-state index is 0.00917. The summed E-state index contributed by atoms with van der Waals surface area (Å²) in [4.78, 5) is 77.1. The van der Waals surface area contributed by atoms with Gasteiger partial charge in [0.05, 0.1) is 50.4 Å². The monoisotopic (exact) mass is 837 g/mol. The van der Waals surface area contributed by atoms with Gasteiger partial charge in [-0.2, -0.15) is 18.2 Å². The lowest BCUT2D eigenvalue weighted by Gasteiger charge is -2.16. The van der Waals surface area contributed by atoms with Crippen molar-refractivity contribution < 1.29 is 65.1 Å². The third kappa shape index (κ3) is 13.0. The summed E-state index contributed by atoms with van der Waals surface area (Å²) >= 11 is 0. The van der Waals surface area contributed by atoms with Gasteiger partial charge in [-0.15, -0.1) is 0 Å². The number of carboxylic acid groups (broad SMARTS) is 1. The first kappa shape index (κ1) is 44.8. The number of aliphatic carboxylic acids is 1. The number of aromatic amines is 1. The fraction of sp³-hybridized carbons (Fsp3) is 0.371. The number of rotatable bonds is 21. The van der Waals surface area contributed by atoms with Gasteiger partial charge in [0.15, 0.2) is 11.2 Å². The van der Waals surface area contributed by atoms with Crippen LogP contribution < -0.4 is 26.7 Å². The van der Waals surface area contributed by atoms with Crippen molar-refractivity contribution in [1.82, 2.24) is 25.3 Å². The van der Waals surface area contributed by atoms with E-state index in [0.717, 1.165) is 6.07 Å². The predicted molar refractivity (Wildman–Crippen MR) is 198 cm³/mol. The molecule has 58 heavy (non-hydrogen) atoms. The van der Waals surface area contributed by atoms with Crippen molar-refractivity contribution in [2.24, 2.45) is 0 Å². The third-order valence-electron chi connectivity index (χ3n) is 7.70. The molecule has 2 heterocycles. The Kier molecular flexibility index (Phi) is 15.8. The Bertz CT molecular complexity index is 2200. The molecule has 0 radical (unpaired) electrons. The Balaban J connectivity index is 1.31. The largest absolute Gasteiger partial charge is 0.480 e. The number of nitrogens with zero attached hydrogens (tertiary/aromatic N) is 3. The number of carboxylic acids is 1. The molecule has 23 heteroatoms. The van der Waals surface area contributed by atoms with E-state index in [1.165, 1.54) is 30.5 Å². The van der Waals surface area contributed by atoms with Crippen LogP contribution in [0.3, 0.4) is 0 Å². The number of alkyl halides is 3. The van der Waals surface area contributed by atoms with E-state index < -0.39 is 79.1 Å². The van der Waals surface area contributed by atoms with Crippen molar-refractivity contribution in [2.75, 3.05) is 37.5 Å². The summed E-state index contributed by atoms with van der Waals surface area (Å²) in [6.07, 6.45) is -4.28. The molecule has 0 aliphatic heterocycles. The summed E-state index contributed by atoms with van der Waals surface area (Å²) in [5, 5.41) is 15.0. The van der Waals surface area contributed by atoms with Crippen molar-refractivity contribution in [3.63, 3.8) is 0 Å². The van der Waals surface area contributed by atoms with Crippen molar-refractivity contribution >= 4 is 54.4 Å². The summed E-state index contributed by atoms with van der Waals surface area (Å²) in [5.41, 5.74) is 4.23. The summed E-state index contributed by atoms with van der Waals surface area (Å²) in [5.74, 6) is -5.53. The Morgan fingerprint density at radius 1 is 0.983 bits per heavy atom. The molecule has 2 aromatic carbocycles. The van der Waals surface area contributed by atoms with Crippen LogP contribution in [0.5, 0.6) is 5.75 Å². The number of H-pyrrole nitrogens is 1. The molecule has 4 rings (SSSR count). The van der Waals surface area contributed by atoms with Crippen molar-refractivity contribution in [3.8, 4) is 5.75 Å². The van der Waals surface area contributed by atoms with Gasteiger partial charge in [-0.05, 0) is 75.6 Å². The van der Waals surface area contributed by atoms with Crippen LogP contribution in [-0.4, -0.2) is 81.3 Å². The van der Waals surface area contributed by atoms with Crippen molar-refractivity contribution in [2.45, 2.75) is 58.3 Å². The molecule has 4 aromatic rings. The van der Waals surface area contributed by atoms with Crippen LogP contribution in [0, 0.1) is 0 Å². The van der Waals surface area contributed by atoms with Crippen LogP contribution in [0.1, 0.15) is 71.5 Å². The molecular weight excluding hydrogens is 798 g/mol. The first-order valence-corrected chi connectivity index (χ1v) is 19.0. The van der Waals surface area contributed by atoms with E-state index in [9.17, 15) is 46.8 Å². The predicted octanol–water partition coefficient (Wildman–Crippen LogP) is 4.63. The van der Waals surface area contributed by atoms with Gasteiger partial charge >= 0.3 is 31.9 Å². The molecule has 0 saturated carbocycles. The highest BCUT2D eigenvalue weighted by atomic mass is 31.2. The number of nitrogens with two attached hydrogens (primary N) is 1. The Labute approximate surface area is 327 Å². The highest BCUT2D eigenvalue weighted by Gasteiger charge is 2.33. The number of anilines is 2. The lowest BCUT2D eigenvalue weighted by atomic mass is 10.1. The number of phosphoric ester groups is 1. The van der Waals surface area contributed by atoms with Crippen LogP contribution in [0.15, 0.2) is 53.5 Å². The summed E-state index contributed by atoms with van der Waals surface area (Å²) < 4.78 is 78.3. The molecule has 0 bridgehead atoms. The van der Waals surface area contributed by atoms with Gasteiger partial charge in [0, 0.05) is 17.7 Å². The molecule has 2 aromatic heterocycles. The molecule has 19 nitrogen and oxygen atoms in total. The summed E-state index contributed by atoms with van der Waals surface area (Å²) in [7, 11) is -3.75. The Morgan fingerprint density at radius 2 is 1.67 bits per heavy atom. The van der Waals surface area contributed by atoms with Crippen LogP contribution >= 0.6 is 7.82 Å². The van der Waals surface area contributed by atoms with Gasteiger partial charge in [-0.25, -0.2) is 24.1 Å². The van der Waals surface area contributed by atoms with Crippen LogP contribution in [0.25, 0.3) is 11.2 Å². The number of fused-ring (bicyclic) bond motifs is 1. The van der Waals surface area contributed by atoms with E-state index in [1.807, 2.05) is 0 Å². The lowest BCUT2D eigenvalue weighted by Crippen LogP contribution is -2.41. The normalized spacial score (nSPS) is 12.2. The molecule has 1 amide bonds. The second kappa shape index (κ2) is 20.5. The molecule has 0 spiro atoms. The molecule has 6 N–H and O–H groups in total. The average molecular weight is 838 g/mol. The number of unbranched alkanes of at least 4 members (excludes halogenated alkanes) is 1. The maximum Gasteiger partial charge on any atom is 0.474 e. The van der Waals surface area contributed by atoms with Gasteiger partial charge in [-0.1, -0.05) is 0 Å². The number of aromatic nitrogens is 4. The number of halogens is 3. The average Bonchev–Trinajstić information content (AvgIpc) is 3.16. The minimum Gasteiger partial charge on any atom is -0.480 e. The van der Waals surface area contributed by atoms with Crippen molar-refractivity contribution in [1.29, 1.82) is 0 Å². The summed E-state index contributed by atoms with van der Waals surface area (Å²) in [6.45, 7) is 3.18. The van der Waals surface area contributed by atoms with Crippen LogP contribution in [0.4, 0.5) is 24.8 Å². The first-order valence-electron chi connectivity index (χ1n) is 17.5. The number of carbonyl (C=O) groups is 4. The Morgan fingerprint density at radius 3 is 2.33 bits per heavy atom. The maximum absolute atomic E-state index is 13.5. The fourth-order valence-electron chi connectivity index (χ4n) is 4.93. The topological polar surface area (TPSA) is 273 Å². The standard InChI is InChI=1S/C35H39F3N7O12P/c1-3-54-58(52,55-4-2)56-16-6-5-15-53-33(51)24-12-9-21(35(36,37)38)17-26(24)57-27(46)14-13-25(32(49)50)43-30(47)20-7-10-22(11-8-20)40-18-23-19-41-29-28(42-23)31(48)45-34(39)44-29/h7-12,17,19,25,40H,3-6,13-16,18H2,1-2H3,(H,43,47)(H,49,50)(H3,39,41,44,45,48)/t25-/m0/s1. The summed E-state index contributed by atoms with van der Waals surface area (Å²) in [6, 6.07) is 5.99. The molecule has 0 aliphatic carbocycles. The van der Waals surface area contributed by atoms with E-state index in [4.69, 9.17) is 28.8 Å². The van der Waals surface area contributed by atoms with Crippen LogP contribution in [-0.2, 0) is 45.2 Å². The number of esters is 2. The number of hydrogen-bond acceptors (Lipinski definition) is 16. The minimum atomic E-state index is -4.87. The SMILES string of the molecule is CCOP(=O)(OCC)OCCCCOC(=O)c1ccc(C(F)(F)F)cc1OC(=O)CC[C@H](NC(=O)c1ccc(NCc2cnc3nc(N)[nH]c(=O)c3n2)cc1)C(=O)O. The number of ether oxygens (including phenoxy) is 2. The molecule has 0 aliphatic rings. The molecule has 312 valence electrons. The fourth-order valence-corrected chi connectivity index (χ4v) is 6.13. The smallest absolute Gasteiger partial charge is 0.474 e. The zero-order chi connectivity index (χ0) is 42.5. The van der Waals surface area contributed by atoms with E-state index in [1.54, 1.807) is 13.8 Å². The van der Waals surface area contributed by atoms with Crippen LogP contribution in [0.2, 0.25) is 0 Å². The second-order valence-corrected chi connectivity index (χ2v) is 13.6. The van der Waals surface area contributed by atoms with Gasteiger partial charge in [-0.3, -0.25) is 32.9 Å². The number of phosphoric acid groups is 1. The van der Waals surface area contributed by atoms with Gasteiger partial charge in [0.2, 0.25) is 5.95 Å². The number of nitrogens with one attached hydrogen (secondary N) is 3. The number of benzene rings is 2. The maximum atomic E-state index is 13.5. The van der Waals surface area contributed by atoms with E-state index >= 15 is 0 Å². The molecule has 1 atom stereocenters. The van der Waals surface area contributed by atoms with Crippen molar-refractivity contribution in [3.05, 3.63) is 81.4 Å². The van der Waals surface area contributed by atoms with Gasteiger partial charge < -0.3 is 30.9 Å². The van der Waals surface area contributed by atoms with Gasteiger partial charge in [0.25, 0.3) is 11.5 Å². The number of hydrogen-bond donors (Lipinski definition) is 5. The number of nitrogen functional groups attached to an aromatic ring is 1. The van der Waals surface area contributed by atoms with E-state index in [2.05, 4.69) is 30.6 Å². The Hall–Kier alpha value is -5.96.